The monoisotopic (exact) mass is 267 g/mol. The van der Waals surface area contributed by atoms with Crippen molar-refractivity contribution < 1.29 is 19.5 Å². The second-order valence-corrected chi connectivity index (χ2v) is 4.42. The number of benzene rings is 2. The van der Waals surface area contributed by atoms with E-state index in [1.807, 2.05) is 6.07 Å². The highest BCUT2D eigenvalue weighted by atomic mass is 16.5. The van der Waals surface area contributed by atoms with Crippen LogP contribution < -0.4 is 10.2 Å². The van der Waals surface area contributed by atoms with E-state index in [4.69, 9.17) is 14.7 Å². The normalized spacial score (nSPS) is 12.9. The number of phenols is 1. The molecular formula is C14H10BNO4. The lowest BCUT2D eigenvalue weighted by Gasteiger charge is -2.09. The highest BCUT2D eigenvalue weighted by Gasteiger charge is 2.27. The van der Waals surface area contributed by atoms with E-state index in [1.165, 1.54) is 18.2 Å². The molecule has 0 amide bonds. The first kappa shape index (κ1) is 12.5. The van der Waals surface area contributed by atoms with Crippen molar-refractivity contribution in [3.8, 4) is 23.3 Å². The molecule has 2 aromatic rings. The van der Waals surface area contributed by atoms with Gasteiger partial charge in [-0.05, 0) is 35.3 Å². The first-order valence-corrected chi connectivity index (χ1v) is 6.01. The molecule has 0 spiro atoms. The second kappa shape index (κ2) is 4.89. The molecule has 1 aliphatic heterocycles. The van der Waals surface area contributed by atoms with Gasteiger partial charge in [-0.2, -0.15) is 5.26 Å². The van der Waals surface area contributed by atoms with Gasteiger partial charge < -0.3 is 19.5 Å². The molecular weight excluding hydrogens is 257 g/mol. The maximum absolute atomic E-state index is 9.54. The molecule has 2 N–H and O–H groups in total. The van der Waals surface area contributed by atoms with Crippen molar-refractivity contribution in [2.75, 3.05) is 0 Å². The van der Waals surface area contributed by atoms with Crippen LogP contribution in [0.15, 0.2) is 36.4 Å². The molecule has 0 fully saturated rings. The van der Waals surface area contributed by atoms with Crippen LogP contribution in [0.25, 0.3) is 0 Å². The summed E-state index contributed by atoms with van der Waals surface area (Å²) < 4.78 is 10.7. The Morgan fingerprint density at radius 2 is 2.10 bits per heavy atom. The van der Waals surface area contributed by atoms with Crippen molar-refractivity contribution in [1.29, 1.82) is 5.26 Å². The number of nitrogens with zero attached hydrogens (tertiary/aromatic N) is 1. The molecule has 6 heteroatoms. The third-order valence-electron chi connectivity index (χ3n) is 3.09. The lowest BCUT2D eigenvalue weighted by Crippen LogP contribution is -2.27. The summed E-state index contributed by atoms with van der Waals surface area (Å²) in [7, 11) is -0.894. The van der Waals surface area contributed by atoms with Crippen LogP contribution >= 0.6 is 0 Å². The highest BCUT2D eigenvalue weighted by Crippen LogP contribution is 2.29. The summed E-state index contributed by atoms with van der Waals surface area (Å²) in [5, 5.41) is 28.0. The maximum atomic E-state index is 9.54. The van der Waals surface area contributed by atoms with Crippen molar-refractivity contribution in [2.45, 2.75) is 6.61 Å². The number of ether oxygens (including phenoxy) is 1. The molecule has 0 bridgehead atoms. The first-order chi connectivity index (χ1) is 9.67. The Hall–Kier alpha value is -2.49. The molecule has 0 saturated carbocycles. The molecule has 0 aliphatic carbocycles. The van der Waals surface area contributed by atoms with Crippen LogP contribution in [0.3, 0.4) is 0 Å². The summed E-state index contributed by atoms with van der Waals surface area (Å²) in [5.41, 5.74) is 1.89. The van der Waals surface area contributed by atoms with Gasteiger partial charge in [0.2, 0.25) is 0 Å². The average Bonchev–Trinajstić information content (AvgIpc) is 2.80. The van der Waals surface area contributed by atoms with Gasteiger partial charge in [0.25, 0.3) is 0 Å². The van der Waals surface area contributed by atoms with Gasteiger partial charge in [0.05, 0.1) is 12.2 Å². The molecule has 2 aromatic carbocycles. The standard InChI is InChI=1S/C14H10BNO4/c16-7-9-1-2-11(17)6-14(9)20-12-3-4-13-10(5-12)8-19-15(13)18/h1-6,17-18H,8H2. The summed E-state index contributed by atoms with van der Waals surface area (Å²) in [6.07, 6.45) is 0. The summed E-state index contributed by atoms with van der Waals surface area (Å²) >= 11 is 0. The molecule has 1 aliphatic rings. The van der Waals surface area contributed by atoms with Crippen LogP contribution in [-0.4, -0.2) is 17.2 Å². The van der Waals surface area contributed by atoms with Gasteiger partial charge >= 0.3 is 7.12 Å². The van der Waals surface area contributed by atoms with Crippen LogP contribution in [0.2, 0.25) is 0 Å². The van der Waals surface area contributed by atoms with E-state index >= 15 is 0 Å². The minimum absolute atomic E-state index is 0.0268. The zero-order valence-corrected chi connectivity index (χ0v) is 10.4. The summed E-state index contributed by atoms with van der Waals surface area (Å²) in [6.45, 7) is 0.318. The topological polar surface area (TPSA) is 82.7 Å². The minimum atomic E-state index is -0.894. The lowest BCUT2D eigenvalue weighted by molar-refractivity contribution is 0.275. The zero-order chi connectivity index (χ0) is 14.1. The first-order valence-electron chi connectivity index (χ1n) is 6.01. The van der Waals surface area contributed by atoms with Gasteiger partial charge in [-0.25, -0.2) is 0 Å². The van der Waals surface area contributed by atoms with Crippen molar-refractivity contribution in [2.24, 2.45) is 0 Å². The van der Waals surface area contributed by atoms with Gasteiger partial charge in [-0.1, -0.05) is 6.07 Å². The van der Waals surface area contributed by atoms with Crippen LogP contribution in [0, 0.1) is 11.3 Å². The quantitative estimate of drug-likeness (QED) is 0.801. The van der Waals surface area contributed by atoms with E-state index in [2.05, 4.69) is 0 Å². The Labute approximate surface area is 115 Å². The average molecular weight is 267 g/mol. The summed E-state index contributed by atoms with van der Waals surface area (Å²) in [4.78, 5) is 0. The van der Waals surface area contributed by atoms with Crippen molar-refractivity contribution in [3.63, 3.8) is 0 Å². The Balaban J connectivity index is 1.93. The molecule has 5 nitrogen and oxygen atoms in total. The van der Waals surface area contributed by atoms with Crippen molar-refractivity contribution in [3.05, 3.63) is 47.5 Å². The third-order valence-corrected chi connectivity index (χ3v) is 3.09. The molecule has 98 valence electrons. The molecule has 0 radical (unpaired) electrons. The Morgan fingerprint density at radius 1 is 1.25 bits per heavy atom. The van der Waals surface area contributed by atoms with E-state index in [9.17, 15) is 10.1 Å². The largest absolute Gasteiger partial charge is 0.508 e. The Morgan fingerprint density at radius 3 is 2.90 bits per heavy atom. The van der Waals surface area contributed by atoms with E-state index in [0.29, 0.717) is 23.4 Å². The number of rotatable bonds is 2. The fourth-order valence-electron chi connectivity index (χ4n) is 2.08. The molecule has 1 heterocycles. The molecule has 0 saturated heterocycles. The fourth-order valence-corrected chi connectivity index (χ4v) is 2.08. The van der Waals surface area contributed by atoms with Crippen molar-refractivity contribution in [1.82, 2.24) is 0 Å². The predicted molar refractivity (Wildman–Crippen MR) is 71.7 cm³/mol. The zero-order valence-electron chi connectivity index (χ0n) is 10.4. The van der Waals surface area contributed by atoms with Crippen LogP contribution in [-0.2, 0) is 11.3 Å². The van der Waals surface area contributed by atoms with Crippen LogP contribution in [0.4, 0.5) is 0 Å². The van der Waals surface area contributed by atoms with Crippen LogP contribution in [0.5, 0.6) is 17.2 Å². The SMILES string of the molecule is N#Cc1ccc(O)cc1Oc1ccc2c(c1)COB2O. The minimum Gasteiger partial charge on any atom is -0.508 e. The van der Waals surface area contributed by atoms with Crippen LogP contribution in [0.1, 0.15) is 11.1 Å². The van der Waals surface area contributed by atoms with Gasteiger partial charge in [0.1, 0.15) is 23.3 Å². The summed E-state index contributed by atoms with van der Waals surface area (Å²) in [6, 6.07) is 11.5. The fraction of sp³-hybridized carbons (Fsp3) is 0.0714. The van der Waals surface area contributed by atoms with E-state index in [1.54, 1.807) is 18.2 Å². The number of hydrogen-bond acceptors (Lipinski definition) is 5. The number of nitriles is 1. The molecule has 0 unspecified atom stereocenters. The van der Waals surface area contributed by atoms with E-state index in [-0.39, 0.29) is 11.5 Å². The highest BCUT2D eigenvalue weighted by molar-refractivity contribution is 6.61. The van der Waals surface area contributed by atoms with Gasteiger partial charge in [-0.15, -0.1) is 0 Å². The smallest absolute Gasteiger partial charge is 0.491 e. The van der Waals surface area contributed by atoms with E-state index < -0.39 is 7.12 Å². The Kier molecular flexibility index (Phi) is 3.07. The third kappa shape index (κ3) is 2.20. The van der Waals surface area contributed by atoms with E-state index in [0.717, 1.165) is 5.56 Å². The summed E-state index contributed by atoms with van der Waals surface area (Å²) in [5.74, 6) is 0.828. The van der Waals surface area contributed by atoms with Gasteiger partial charge in [-0.3, -0.25) is 0 Å². The van der Waals surface area contributed by atoms with Crippen molar-refractivity contribution >= 4 is 12.6 Å². The predicted octanol–water partition coefficient (Wildman–Crippen LogP) is 1.27. The number of hydrogen-bond donors (Lipinski definition) is 2. The number of aromatic hydroxyl groups is 1. The van der Waals surface area contributed by atoms with Gasteiger partial charge in [0.15, 0.2) is 0 Å². The number of fused-ring (bicyclic) bond motifs is 1. The Bertz CT molecular complexity index is 711. The molecule has 20 heavy (non-hydrogen) atoms. The van der Waals surface area contributed by atoms with Gasteiger partial charge in [0, 0.05) is 6.07 Å². The second-order valence-electron chi connectivity index (χ2n) is 4.42. The maximum Gasteiger partial charge on any atom is 0.491 e. The number of phenolic OH excluding ortho intramolecular Hbond substituents is 1. The molecule has 3 rings (SSSR count). The lowest BCUT2D eigenvalue weighted by atomic mass is 9.80. The molecule has 0 atom stereocenters. The molecule has 0 aromatic heterocycles.